The summed E-state index contributed by atoms with van der Waals surface area (Å²) in [6.45, 7) is 15.2. The van der Waals surface area contributed by atoms with Crippen LogP contribution in [-0.4, -0.2) is 148 Å². The molecule has 15 heteroatoms. The van der Waals surface area contributed by atoms with Gasteiger partial charge in [0.05, 0.1) is 43.0 Å². The molecule has 59 heavy (non-hydrogen) atoms. The summed E-state index contributed by atoms with van der Waals surface area (Å²) in [5, 5.41) is 12.2. The normalized spacial score (nSPS) is 38.9. The van der Waals surface area contributed by atoms with Crippen LogP contribution in [0, 0.1) is 11.8 Å². The predicted molar refractivity (Wildman–Crippen MR) is 218 cm³/mol. The fourth-order valence-electron chi connectivity index (χ4n) is 8.09. The average molecular weight is 838 g/mol. The van der Waals surface area contributed by atoms with Gasteiger partial charge in [0, 0.05) is 45.8 Å². The molecule has 3 aliphatic heterocycles. The topological polar surface area (TPSA) is 175 Å². The molecule has 3 aliphatic rings. The van der Waals surface area contributed by atoms with Crippen molar-refractivity contribution in [3.05, 3.63) is 36.0 Å². The monoisotopic (exact) mass is 837 g/mol. The summed E-state index contributed by atoms with van der Waals surface area (Å²) in [6.07, 6.45) is 0.0376. The van der Waals surface area contributed by atoms with E-state index in [2.05, 4.69) is 0 Å². The van der Waals surface area contributed by atoms with Crippen molar-refractivity contribution in [1.82, 2.24) is 4.90 Å². The maximum Gasteiger partial charge on any atom is 0.309 e. The lowest BCUT2D eigenvalue weighted by Gasteiger charge is -2.51. The van der Waals surface area contributed by atoms with E-state index < -0.39 is 96.8 Å². The third-order valence-corrected chi connectivity index (χ3v) is 11.4. The minimum Gasteiger partial charge on any atom is -0.462 e. The van der Waals surface area contributed by atoms with Crippen LogP contribution in [0.15, 0.2) is 36.0 Å². The molecule has 3 rings (SSSR count). The number of aliphatic hydroxyl groups is 1. The molecule has 0 aromatic rings. The van der Waals surface area contributed by atoms with Crippen LogP contribution in [-0.2, 0) is 61.8 Å². The molecule has 0 radical (unpaired) electrons. The van der Waals surface area contributed by atoms with Gasteiger partial charge in [0.25, 0.3) is 0 Å². The Hall–Kier alpha value is -2.86. The molecule has 0 unspecified atom stereocenters. The first-order valence-electron chi connectivity index (χ1n) is 20.9. The Morgan fingerprint density at radius 1 is 1.02 bits per heavy atom. The van der Waals surface area contributed by atoms with E-state index in [0.717, 1.165) is 5.57 Å². The second-order valence-electron chi connectivity index (χ2n) is 16.7. The number of cyclic esters (lactones) is 1. The van der Waals surface area contributed by atoms with Crippen LogP contribution < -0.4 is 0 Å². The molecule has 0 aliphatic carbocycles. The Morgan fingerprint density at radius 2 is 1.73 bits per heavy atom. The highest BCUT2D eigenvalue weighted by molar-refractivity contribution is 5.91. The number of likely N-dealkylation sites (N-methyl/N-ethyl adjacent to an activating group) is 1. The number of rotatable bonds is 14. The van der Waals surface area contributed by atoms with Crippen LogP contribution in [0.2, 0.25) is 0 Å². The molecule has 0 spiro atoms. The van der Waals surface area contributed by atoms with Crippen LogP contribution in [0.3, 0.4) is 0 Å². The number of aldehydes is 1. The Balaban J connectivity index is 2.01. The third-order valence-electron chi connectivity index (χ3n) is 11.4. The maximum absolute atomic E-state index is 13.3. The molecule has 0 bridgehead atoms. The van der Waals surface area contributed by atoms with Gasteiger partial charge >= 0.3 is 11.9 Å². The first-order chi connectivity index (χ1) is 27.9. The van der Waals surface area contributed by atoms with Crippen LogP contribution in [0.1, 0.15) is 93.9 Å². The number of ketones is 1. The molecule has 15 nitrogen and oxygen atoms in total. The van der Waals surface area contributed by atoms with Gasteiger partial charge in [-0.3, -0.25) is 14.4 Å². The van der Waals surface area contributed by atoms with E-state index in [1.807, 2.05) is 38.7 Å². The summed E-state index contributed by atoms with van der Waals surface area (Å²) in [5.74, 6) is -2.70. The summed E-state index contributed by atoms with van der Waals surface area (Å²) in [5.41, 5.74) is 0.379. The molecule has 0 amide bonds. The van der Waals surface area contributed by atoms with Gasteiger partial charge < -0.3 is 57.4 Å². The van der Waals surface area contributed by atoms with Crippen molar-refractivity contribution in [3.63, 3.8) is 0 Å². The molecular formula is C44H71NO14. The van der Waals surface area contributed by atoms with E-state index in [4.69, 9.17) is 42.6 Å². The maximum atomic E-state index is 13.3. The van der Waals surface area contributed by atoms with E-state index in [1.54, 1.807) is 67.1 Å². The predicted octanol–water partition coefficient (Wildman–Crippen LogP) is 4.66. The number of esters is 2. The van der Waals surface area contributed by atoms with E-state index in [1.165, 1.54) is 13.2 Å². The molecule has 336 valence electrons. The Labute approximate surface area is 351 Å². The van der Waals surface area contributed by atoms with Crippen molar-refractivity contribution in [1.29, 1.82) is 0 Å². The number of methoxy groups -OCH3 is 2. The SMILES string of the molecule is CCC(=O)O[C@@H]1CC(=O)O[C@H](C)C/C=C/C=C/C(=O)[C@H](C)C[C@H](CC=O)[C@H](O[C@@H]2O[C@H](C)[C@@H](O[C@H]3C[C@@](C)(OC)[C@@H](OCC=C(C)C)[C@H](C)O3)[C@H](N(C)C)[C@H]2O)[C@H]1OC. The van der Waals surface area contributed by atoms with E-state index in [0.29, 0.717) is 25.7 Å². The summed E-state index contributed by atoms with van der Waals surface area (Å²) < 4.78 is 56.0. The number of nitrogens with zero attached hydrogens (tertiary/aromatic N) is 1. The van der Waals surface area contributed by atoms with Crippen molar-refractivity contribution in [2.24, 2.45) is 11.8 Å². The summed E-state index contributed by atoms with van der Waals surface area (Å²) >= 11 is 0. The Morgan fingerprint density at radius 3 is 2.34 bits per heavy atom. The number of hydrogen-bond acceptors (Lipinski definition) is 15. The van der Waals surface area contributed by atoms with E-state index >= 15 is 0 Å². The Kier molecular flexibility index (Phi) is 20.5. The van der Waals surface area contributed by atoms with Crippen molar-refractivity contribution in [2.45, 2.75) is 173 Å². The van der Waals surface area contributed by atoms with Crippen LogP contribution in [0.25, 0.3) is 0 Å². The molecule has 15 atom stereocenters. The van der Waals surface area contributed by atoms with Gasteiger partial charge in [0.15, 0.2) is 18.4 Å². The van der Waals surface area contributed by atoms with Gasteiger partial charge in [-0.05, 0) is 74.1 Å². The van der Waals surface area contributed by atoms with Crippen molar-refractivity contribution >= 4 is 24.0 Å². The number of hydrogen-bond donors (Lipinski definition) is 1. The largest absolute Gasteiger partial charge is 0.462 e. The number of allylic oxidation sites excluding steroid dienone is 4. The van der Waals surface area contributed by atoms with Crippen LogP contribution in [0.4, 0.5) is 0 Å². The molecule has 2 fully saturated rings. The molecular weight excluding hydrogens is 766 g/mol. The van der Waals surface area contributed by atoms with Crippen LogP contribution >= 0.6 is 0 Å². The second kappa shape index (κ2) is 24.0. The lowest BCUT2D eigenvalue weighted by molar-refractivity contribution is -0.346. The molecule has 3 heterocycles. The number of aliphatic hydroxyl groups excluding tert-OH is 1. The van der Waals surface area contributed by atoms with Gasteiger partial charge in [-0.2, -0.15) is 0 Å². The smallest absolute Gasteiger partial charge is 0.309 e. The number of ether oxygens (including phenoxy) is 9. The van der Waals surface area contributed by atoms with Crippen LogP contribution in [0.5, 0.6) is 0 Å². The van der Waals surface area contributed by atoms with Gasteiger partial charge in [-0.1, -0.05) is 43.7 Å². The molecule has 1 N–H and O–H groups in total. The van der Waals surface area contributed by atoms with Gasteiger partial charge in [-0.25, -0.2) is 0 Å². The number of carbonyl (C=O) groups excluding carboxylic acids is 4. The quantitative estimate of drug-likeness (QED) is 0.145. The third kappa shape index (κ3) is 14.4. The summed E-state index contributed by atoms with van der Waals surface area (Å²) in [6, 6.07) is -0.705. The Bertz CT molecular complexity index is 1450. The minimum absolute atomic E-state index is 0.00874. The zero-order chi connectivity index (χ0) is 44.0. The lowest BCUT2D eigenvalue weighted by atomic mass is 9.83. The highest BCUT2D eigenvalue weighted by Gasteiger charge is 2.53. The summed E-state index contributed by atoms with van der Waals surface area (Å²) in [4.78, 5) is 53.7. The van der Waals surface area contributed by atoms with Crippen molar-refractivity contribution < 1.29 is 66.9 Å². The van der Waals surface area contributed by atoms with Crippen molar-refractivity contribution in [2.75, 3.05) is 34.9 Å². The van der Waals surface area contributed by atoms with Gasteiger partial charge in [0.2, 0.25) is 0 Å². The van der Waals surface area contributed by atoms with Crippen molar-refractivity contribution in [3.8, 4) is 0 Å². The fourth-order valence-corrected chi connectivity index (χ4v) is 8.09. The van der Waals surface area contributed by atoms with E-state index in [9.17, 15) is 24.3 Å². The highest BCUT2D eigenvalue weighted by Crippen LogP contribution is 2.38. The first-order valence-corrected chi connectivity index (χ1v) is 20.9. The van der Waals surface area contributed by atoms with Gasteiger partial charge in [0.1, 0.15) is 42.9 Å². The molecule has 0 aromatic carbocycles. The second-order valence-corrected chi connectivity index (χ2v) is 16.7. The highest BCUT2D eigenvalue weighted by atomic mass is 16.7. The number of carbonyl (C=O) groups is 4. The average Bonchev–Trinajstić information content (AvgIpc) is 3.16. The summed E-state index contributed by atoms with van der Waals surface area (Å²) in [7, 11) is 6.62. The molecule has 2 saturated heterocycles. The molecule has 0 aromatic heterocycles. The zero-order valence-corrected chi connectivity index (χ0v) is 37.2. The van der Waals surface area contributed by atoms with Gasteiger partial charge in [-0.15, -0.1) is 0 Å². The molecule has 0 saturated carbocycles. The lowest BCUT2D eigenvalue weighted by Crippen LogP contribution is -2.66. The van der Waals surface area contributed by atoms with E-state index in [-0.39, 0.29) is 37.6 Å². The fraction of sp³-hybridized carbons (Fsp3) is 0.773. The first kappa shape index (κ1) is 50.5. The minimum atomic E-state index is -1.34. The zero-order valence-electron chi connectivity index (χ0n) is 37.2. The standard InChI is InChI=1S/C44H71NO14/c1-13-34(48)57-33-24-35(49)54-28(5)17-15-14-16-18-32(47)27(4)23-31(19-21-46)40(41(33)51-11)59-43-38(50)37(45(9)10)39(29(6)56-43)58-36-25-44(8,52-12)42(30(7)55-36)53-22-20-26(2)3/h14-16,18,20-21,27-31,33,36-43,50H,13,17,19,22-25H2,1-12H3/b15-14+,18-16+/t27-,28-,29-,30+,31+,33-,36+,37-,38-,39-,40+,41+,42+,43+,44-/m1/s1.